The van der Waals surface area contributed by atoms with E-state index < -0.39 is 6.10 Å². The van der Waals surface area contributed by atoms with Crippen LogP contribution < -0.4 is 4.74 Å². The first-order valence-electron chi connectivity index (χ1n) is 7.71. The fraction of sp³-hybridized carbons (Fsp3) is 0.529. The second kappa shape index (κ2) is 6.75. The molecule has 4 aliphatic rings. The van der Waals surface area contributed by atoms with Gasteiger partial charge in [-0.2, -0.15) is 0 Å². The number of phenols is 1. The number of nitrogens with zero attached hydrogens (tertiary/aromatic N) is 1. The van der Waals surface area contributed by atoms with Gasteiger partial charge in [-0.05, 0) is 38.1 Å². The van der Waals surface area contributed by atoms with Gasteiger partial charge in [0, 0.05) is 22.9 Å². The predicted molar refractivity (Wildman–Crippen MR) is 95.7 cm³/mol. The summed E-state index contributed by atoms with van der Waals surface area (Å²) < 4.78 is 6.09. The van der Waals surface area contributed by atoms with E-state index in [0.29, 0.717) is 17.7 Å². The van der Waals surface area contributed by atoms with Crippen molar-refractivity contribution in [2.45, 2.75) is 36.5 Å². The zero-order valence-electron chi connectivity index (χ0n) is 13.9. The molecule has 8 N–H and O–H groups in total. The molecule has 2 heterocycles. The molecule has 1 saturated heterocycles. The number of rotatable bonds is 0. The Bertz CT molecular complexity index is 683. The first-order chi connectivity index (χ1) is 10.1. The van der Waals surface area contributed by atoms with Crippen LogP contribution in [-0.2, 0) is 11.8 Å². The first-order valence-corrected chi connectivity index (χ1v) is 7.71. The summed E-state index contributed by atoms with van der Waals surface area (Å²) >= 11 is 0. The summed E-state index contributed by atoms with van der Waals surface area (Å²) in [5.41, 5.74) is 2.29. The van der Waals surface area contributed by atoms with Crippen LogP contribution in [0.4, 0.5) is 0 Å². The lowest BCUT2D eigenvalue weighted by Crippen LogP contribution is -2.64. The van der Waals surface area contributed by atoms with Crippen molar-refractivity contribution in [1.29, 1.82) is 0 Å². The second-order valence-corrected chi connectivity index (χ2v) is 6.93. The lowest BCUT2D eigenvalue weighted by Gasteiger charge is -2.56. The van der Waals surface area contributed by atoms with Crippen LogP contribution in [0.3, 0.4) is 0 Å². The standard InChI is InChI=1S/C17H19NO3.ClH.3H2O/c1-18-7-6-17-10-3-5-13(20)16(17)21-15-12(19)4-2-9(14(15)17)8-11(10)18;;;;/h2-5,10-11,13,16,19-20H,6-8H2,1H3;1H;3*1H2. The Kier molecular flexibility index (Phi) is 5.86. The van der Waals surface area contributed by atoms with Crippen LogP contribution in [0.5, 0.6) is 11.5 Å². The third kappa shape index (κ3) is 2.31. The van der Waals surface area contributed by atoms with E-state index in [1.807, 2.05) is 12.1 Å². The summed E-state index contributed by atoms with van der Waals surface area (Å²) in [6.07, 6.45) is 5.18. The van der Waals surface area contributed by atoms with Crippen LogP contribution in [0.1, 0.15) is 17.5 Å². The first kappa shape index (κ1) is 21.7. The number of aromatic hydroxyl groups is 1. The number of hydrogen-bond acceptors (Lipinski definition) is 4. The van der Waals surface area contributed by atoms with Gasteiger partial charge in [0.25, 0.3) is 0 Å². The highest BCUT2D eigenvalue weighted by Gasteiger charge is 2.64. The Morgan fingerprint density at radius 2 is 1.92 bits per heavy atom. The van der Waals surface area contributed by atoms with Gasteiger partial charge in [-0.1, -0.05) is 18.2 Å². The number of aliphatic hydroxyl groups is 1. The zero-order valence-corrected chi connectivity index (χ0v) is 14.7. The van der Waals surface area contributed by atoms with Crippen molar-refractivity contribution in [3.8, 4) is 11.5 Å². The molecule has 0 amide bonds. The van der Waals surface area contributed by atoms with Crippen molar-refractivity contribution < 1.29 is 31.4 Å². The third-order valence-corrected chi connectivity index (χ3v) is 6.15. The number of hydrogen-bond donors (Lipinski definition) is 2. The molecule has 2 aliphatic carbocycles. The molecule has 0 aromatic heterocycles. The van der Waals surface area contributed by atoms with Crippen LogP contribution in [0.2, 0.25) is 0 Å². The molecule has 7 nitrogen and oxygen atoms in total. The molecule has 25 heavy (non-hydrogen) atoms. The lowest BCUT2D eigenvalue weighted by molar-refractivity contribution is -0.0453. The highest BCUT2D eigenvalue weighted by molar-refractivity contribution is 5.85. The molecule has 142 valence electrons. The number of likely N-dealkylation sites (N-methyl/N-ethyl adjacent to an activating group) is 1. The summed E-state index contributed by atoms with van der Waals surface area (Å²) in [5, 5.41) is 20.6. The number of halogens is 1. The summed E-state index contributed by atoms with van der Waals surface area (Å²) in [7, 11) is 2.19. The van der Waals surface area contributed by atoms with Crippen LogP contribution in [-0.4, -0.2) is 63.4 Å². The van der Waals surface area contributed by atoms with Gasteiger partial charge in [0.15, 0.2) is 11.5 Å². The SMILES string of the molecule is CN1CCC23c4c5ccc(O)c4OC2C(O)C=CC3C1C5.Cl.O.O.O. The van der Waals surface area contributed by atoms with E-state index in [0.717, 1.165) is 19.4 Å². The molecular formula is C17H26ClNO6. The minimum absolute atomic E-state index is 0. The van der Waals surface area contributed by atoms with Crippen LogP contribution in [0.15, 0.2) is 24.3 Å². The third-order valence-electron chi connectivity index (χ3n) is 6.15. The molecule has 1 aromatic rings. The number of likely N-dealkylation sites (tertiary alicyclic amines) is 1. The molecular weight excluding hydrogens is 350 g/mol. The van der Waals surface area contributed by atoms with Gasteiger partial charge in [0.2, 0.25) is 0 Å². The van der Waals surface area contributed by atoms with E-state index in [9.17, 15) is 10.2 Å². The van der Waals surface area contributed by atoms with Gasteiger partial charge in [-0.25, -0.2) is 0 Å². The molecule has 0 saturated carbocycles. The molecule has 5 unspecified atom stereocenters. The monoisotopic (exact) mass is 375 g/mol. The summed E-state index contributed by atoms with van der Waals surface area (Å²) in [6, 6.07) is 4.23. The minimum atomic E-state index is -0.594. The molecule has 1 spiro atoms. The predicted octanol–water partition coefficient (Wildman–Crippen LogP) is -0.854. The topological polar surface area (TPSA) is 147 Å². The number of ether oxygens (including phenoxy) is 1. The van der Waals surface area contributed by atoms with Gasteiger partial charge < -0.3 is 36.3 Å². The van der Waals surface area contributed by atoms with Crippen LogP contribution in [0, 0.1) is 5.92 Å². The Balaban J connectivity index is 0.000000781. The lowest BCUT2D eigenvalue weighted by atomic mass is 9.53. The van der Waals surface area contributed by atoms with E-state index in [4.69, 9.17) is 4.74 Å². The Morgan fingerprint density at radius 3 is 2.64 bits per heavy atom. The van der Waals surface area contributed by atoms with E-state index in [1.54, 1.807) is 6.07 Å². The average Bonchev–Trinajstić information content (AvgIpc) is 2.83. The summed E-state index contributed by atoms with van der Waals surface area (Å²) in [4.78, 5) is 2.43. The summed E-state index contributed by atoms with van der Waals surface area (Å²) in [5.74, 6) is 1.19. The quantitative estimate of drug-likeness (QED) is 0.568. The smallest absolute Gasteiger partial charge is 0.165 e. The molecule has 1 fully saturated rings. The van der Waals surface area contributed by atoms with Gasteiger partial charge in [-0.3, -0.25) is 0 Å². The minimum Gasteiger partial charge on any atom is -0.504 e. The number of benzene rings is 1. The van der Waals surface area contributed by atoms with E-state index in [1.165, 1.54) is 11.1 Å². The number of aliphatic hydroxyl groups excluding tert-OH is 1. The molecule has 2 aliphatic heterocycles. The van der Waals surface area contributed by atoms with Gasteiger partial charge in [0.05, 0.1) is 0 Å². The van der Waals surface area contributed by atoms with Crippen molar-refractivity contribution in [3.63, 3.8) is 0 Å². The largest absolute Gasteiger partial charge is 0.504 e. The van der Waals surface area contributed by atoms with Crippen molar-refractivity contribution in [2.75, 3.05) is 13.6 Å². The summed E-state index contributed by atoms with van der Waals surface area (Å²) in [6.45, 7) is 1.01. The number of piperidine rings is 1. The number of phenolic OH excluding ortho intramolecular Hbond substituents is 1. The molecule has 0 radical (unpaired) electrons. The second-order valence-electron chi connectivity index (χ2n) is 6.93. The Labute approximate surface area is 152 Å². The van der Waals surface area contributed by atoms with Crippen molar-refractivity contribution in [2.24, 2.45) is 5.92 Å². The van der Waals surface area contributed by atoms with E-state index in [-0.39, 0.29) is 46.1 Å². The maximum Gasteiger partial charge on any atom is 0.165 e. The van der Waals surface area contributed by atoms with Gasteiger partial charge in [-0.15, -0.1) is 12.4 Å². The zero-order chi connectivity index (χ0) is 14.4. The van der Waals surface area contributed by atoms with Gasteiger partial charge in [0.1, 0.15) is 12.2 Å². The van der Waals surface area contributed by atoms with Gasteiger partial charge >= 0.3 is 0 Å². The normalized spacial score (nSPS) is 35.8. The maximum absolute atomic E-state index is 10.4. The molecule has 2 bridgehead atoms. The fourth-order valence-electron chi connectivity index (χ4n) is 5.24. The average molecular weight is 376 g/mol. The highest BCUT2D eigenvalue weighted by Crippen LogP contribution is 2.62. The molecule has 1 aromatic carbocycles. The Morgan fingerprint density at radius 1 is 1.20 bits per heavy atom. The van der Waals surface area contributed by atoms with Crippen LogP contribution in [0.25, 0.3) is 0 Å². The highest BCUT2D eigenvalue weighted by atomic mass is 35.5. The maximum atomic E-state index is 10.4. The van der Waals surface area contributed by atoms with Crippen molar-refractivity contribution in [3.05, 3.63) is 35.4 Å². The van der Waals surface area contributed by atoms with Crippen LogP contribution >= 0.6 is 12.4 Å². The molecule has 8 heteroatoms. The fourth-order valence-corrected chi connectivity index (χ4v) is 5.24. The Hall–Kier alpha value is -1.35. The van der Waals surface area contributed by atoms with E-state index in [2.05, 4.69) is 18.0 Å². The van der Waals surface area contributed by atoms with E-state index >= 15 is 0 Å². The van der Waals surface area contributed by atoms with Crippen molar-refractivity contribution >= 4 is 12.4 Å². The molecule has 5 rings (SSSR count). The van der Waals surface area contributed by atoms with Crippen molar-refractivity contribution in [1.82, 2.24) is 4.90 Å². The molecule has 5 atom stereocenters.